The number of halogens is 4. The lowest BCUT2D eigenvalue weighted by molar-refractivity contribution is -0.274. The van der Waals surface area contributed by atoms with Crippen molar-refractivity contribution in [3.63, 3.8) is 0 Å². The van der Waals surface area contributed by atoms with Gasteiger partial charge in [-0.2, -0.15) is 18.4 Å². The molecule has 126 valence electrons. The Kier molecular flexibility index (Phi) is 4.79. The van der Waals surface area contributed by atoms with Gasteiger partial charge in [-0.15, -0.1) is 0 Å². The van der Waals surface area contributed by atoms with Crippen molar-refractivity contribution in [2.24, 2.45) is 0 Å². The number of nitrogens with zero attached hydrogens (tertiary/aromatic N) is 1. The average molecular weight is 356 g/mol. The Morgan fingerprint density at radius 2 is 1.71 bits per heavy atom. The molecule has 24 heavy (non-hydrogen) atoms. The Hall–Kier alpha value is -2.23. The summed E-state index contributed by atoms with van der Waals surface area (Å²) >= 11 is 5.93. The van der Waals surface area contributed by atoms with Gasteiger partial charge < -0.3 is 10.2 Å². The second kappa shape index (κ2) is 6.34. The zero-order valence-corrected chi connectivity index (χ0v) is 13.2. The van der Waals surface area contributed by atoms with Crippen LogP contribution in [0, 0.1) is 11.3 Å². The van der Waals surface area contributed by atoms with Crippen LogP contribution in [0.4, 0.5) is 13.2 Å². The van der Waals surface area contributed by atoms with Gasteiger partial charge in [-0.3, -0.25) is 0 Å². The standard InChI is InChI=1S/C17H13ClF3NO2/c1-10(14-7-6-13(23)8-15(14)18)16(24,17(19,20)21)12-4-2-11(9-22)3-5-12/h2-8,10,23-24H,1H3. The highest BCUT2D eigenvalue weighted by molar-refractivity contribution is 6.31. The van der Waals surface area contributed by atoms with Crippen LogP contribution in [-0.4, -0.2) is 16.4 Å². The van der Waals surface area contributed by atoms with Gasteiger partial charge in [-0.1, -0.05) is 36.7 Å². The molecule has 2 atom stereocenters. The topological polar surface area (TPSA) is 64.2 Å². The number of aromatic hydroxyl groups is 1. The largest absolute Gasteiger partial charge is 0.508 e. The second-order valence-electron chi connectivity index (χ2n) is 5.38. The fraction of sp³-hybridized carbons (Fsp3) is 0.235. The minimum Gasteiger partial charge on any atom is -0.508 e. The summed E-state index contributed by atoms with van der Waals surface area (Å²) in [5.74, 6) is -1.64. The predicted octanol–water partition coefficient (Wildman–Crippen LogP) is 4.47. The number of phenolic OH excluding ortho intramolecular Hbond substituents is 1. The molecule has 0 heterocycles. The first-order chi connectivity index (χ1) is 11.1. The van der Waals surface area contributed by atoms with E-state index in [4.69, 9.17) is 16.9 Å². The van der Waals surface area contributed by atoms with Crippen LogP contribution >= 0.6 is 11.6 Å². The van der Waals surface area contributed by atoms with Crippen LogP contribution in [0.3, 0.4) is 0 Å². The number of aliphatic hydroxyl groups is 1. The van der Waals surface area contributed by atoms with Gasteiger partial charge in [0.05, 0.1) is 11.6 Å². The molecule has 2 aromatic rings. The van der Waals surface area contributed by atoms with E-state index in [-0.39, 0.29) is 21.9 Å². The Bertz CT molecular complexity index is 784. The van der Waals surface area contributed by atoms with Crippen LogP contribution < -0.4 is 0 Å². The molecule has 0 aliphatic carbocycles. The lowest BCUT2D eigenvalue weighted by Gasteiger charge is -2.37. The Labute approximate surface area is 141 Å². The highest BCUT2D eigenvalue weighted by Gasteiger charge is 2.58. The molecule has 0 bridgehead atoms. The fourth-order valence-corrected chi connectivity index (χ4v) is 2.89. The van der Waals surface area contributed by atoms with Crippen molar-refractivity contribution in [3.05, 3.63) is 64.2 Å². The molecule has 2 aromatic carbocycles. The SMILES string of the molecule is CC(c1ccc(O)cc1Cl)C(O)(c1ccc(C#N)cc1)C(F)(F)F. The molecule has 0 radical (unpaired) electrons. The molecule has 2 unspecified atom stereocenters. The summed E-state index contributed by atoms with van der Waals surface area (Å²) in [5.41, 5.74) is -3.38. The van der Waals surface area contributed by atoms with Gasteiger partial charge in [0, 0.05) is 10.9 Å². The second-order valence-corrected chi connectivity index (χ2v) is 5.79. The van der Waals surface area contributed by atoms with Crippen LogP contribution in [0.1, 0.15) is 29.5 Å². The van der Waals surface area contributed by atoms with Crippen molar-refractivity contribution in [3.8, 4) is 11.8 Å². The molecule has 0 aliphatic rings. The number of phenols is 1. The summed E-state index contributed by atoms with van der Waals surface area (Å²) in [6.45, 7) is 1.20. The molecule has 0 saturated carbocycles. The molecule has 0 saturated heterocycles. The van der Waals surface area contributed by atoms with Gasteiger partial charge in [0.2, 0.25) is 0 Å². The van der Waals surface area contributed by atoms with E-state index in [2.05, 4.69) is 0 Å². The van der Waals surface area contributed by atoms with Crippen molar-refractivity contribution < 1.29 is 23.4 Å². The van der Waals surface area contributed by atoms with Crippen molar-refractivity contribution >= 4 is 11.6 Å². The summed E-state index contributed by atoms with van der Waals surface area (Å²) in [6, 6.07) is 9.91. The molecule has 7 heteroatoms. The third-order valence-corrected chi connectivity index (χ3v) is 4.29. The highest BCUT2D eigenvalue weighted by atomic mass is 35.5. The normalized spacial score (nSPS) is 15.4. The minimum absolute atomic E-state index is 0.0404. The molecule has 0 aromatic heterocycles. The molecular weight excluding hydrogens is 343 g/mol. The van der Waals surface area contributed by atoms with Gasteiger partial charge >= 0.3 is 6.18 Å². The van der Waals surface area contributed by atoms with Crippen molar-refractivity contribution in [1.29, 1.82) is 5.26 Å². The van der Waals surface area contributed by atoms with Crippen molar-refractivity contribution in [1.82, 2.24) is 0 Å². The Morgan fingerprint density at radius 1 is 1.12 bits per heavy atom. The van der Waals surface area contributed by atoms with Gasteiger partial charge in [0.25, 0.3) is 0 Å². The van der Waals surface area contributed by atoms with E-state index in [0.717, 1.165) is 18.2 Å². The molecule has 3 nitrogen and oxygen atoms in total. The maximum atomic E-state index is 13.7. The number of rotatable bonds is 3. The molecule has 0 amide bonds. The van der Waals surface area contributed by atoms with Gasteiger partial charge in [0.1, 0.15) is 5.75 Å². The van der Waals surface area contributed by atoms with Crippen molar-refractivity contribution in [2.75, 3.05) is 0 Å². The number of hydrogen-bond donors (Lipinski definition) is 2. The average Bonchev–Trinajstić information content (AvgIpc) is 2.52. The fourth-order valence-electron chi connectivity index (χ4n) is 2.55. The molecule has 0 spiro atoms. The van der Waals surface area contributed by atoms with E-state index in [1.165, 1.54) is 31.2 Å². The van der Waals surface area contributed by atoms with Gasteiger partial charge in [-0.05, 0) is 35.4 Å². The zero-order chi connectivity index (χ0) is 18.1. The van der Waals surface area contributed by atoms with E-state index in [9.17, 15) is 23.4 Å². The number of nitriles is 1. The molecular formula is C17H13ClF3NO2. The maximum absolute atomic E-state index is 13.7. The summed E-state index contributed by atoms with van der Waals surface area (Å²) in [5, 5.41) is 28.6. The summed E-state index contributed by atoms with van der Waals surface area (Å²) in [7, 11) is 0. The first-order valence-electron chi connectivity index (χ1n) is 6.89. The molecule has 2 N–H and O–H groups in total. The first-order valence-corrected chi connectivity index (χ1v) is 7.27. The zero-order valence-electron chi connectivity index (χ0n) is 12.5. The van der Waals surface area contributed by atoms with Crippen LogP contribution in [0.25, 0.3) is 0 Å². The predicted molar refractivity (Wildman–Crippen MR) is 82.6 cm³/mol. The first kappa shape index (κ1) is 18.1. The number of benzene rings is 2. The van der Waals surface area contributed by atoms with Crippen LogP contribution in [0.2, 0.25) is 5.02 Å². The number of hydrogen-bond acceptors (Lipinski definition) is 3. The lowest BCUT2D eigenvalue weighted by Crippen LogP contribution is -2.46. The molecule has 2 rings (SSSR count). The van der Waals surface area contributed by atoms with E-state index >= 15 is 0 Å². The number of alkyl halides is 3. The molecule has 0 fully saturated rings. The van der Waals surface area contributed by atoms with E-state index < -0.39 is 23.3 Å². The van der Waals surface area contributed by atoms with E-state index in [1.807, 2.05) is 6.07 Å². The highest BCUT2D eigenvalue weighted by Crippen LogP contribution is 2.49. The molecule has 0 aliphatic heterocycles. The Morgan fingerprint density at radius 3 is 2.17 bits per heavy atom. The lowest BCUT2D eigenvalue weighted by atomic mass is 9.77. The summed E-state index contributed by atoms with van der Waals surface area (Å²) in [6.07, 6.45) is -4.98. The minimum atomic E-state index is -4.98. The quantitative estimate of drug-likeness (QED) is 0.853. The van der Waals surface area contributed by atoms with Gasteiger partial charge in [-0.25, -0.2) is 0 Å². The van der Waals surface area contributed by atoms with Crippen molar-refractivity contribution in [2.45, 2.75) is 24.6 Å². The monoisotopic (exact) mass is 355 g/mol. The summed E-state index contributed by atoms with van der Waals surface area (Å²) < 4.78 is 41.1. The van der Waals surface area contributed by atoms with Crippen LogP contribution in [0.15, 0.2) is 42.5 Å². The van der Waals surface area contributed by atoms with Crippen LogP contribution in [-0.2, 0) is 5.60 Å². The van der Waals surface area contributed by atoms with E-state index in [0.29, 0.717) is 0 Å². The Balaban J connectivity index is 2.61. The summed E-state index contributed by atoms with van der Waals surface area (Å²) in [4.78, 5) is 0. The van der Waals surface area contributed by atoms with Crippen LogP contribution in [0.5, 0.6) is 5.75 Å². The third kappa shape index (κ3) is 3.05. The third-order valence-electron chi connectivity index (χ3n) is 3.96. The van der Waals surface area contributed by atoms with E-state index in [1.54, 1.807) is 0 Å². The van der Waals surface area contributed by atoms with Gasteiger partial charge in [0.15, 0.2) is 5.60 Å². The smallest absolute Gasteiger partial charge is 0.422 e. The maximum Gasteiger partial charge on any atom is 0.422 e.